The highest BCUT2D eigenvalue weighted by molar-refractivity contribution is 5.78. The van der Waals surface area contributed by atoms with E-state index in [1.165, 1.54) is 12.1 Å². The van der Waals surface area contributed by atoms with Crippen LogP contribution in [-0.4, -0.2) is 23.9 Å². The quantitative estimate of drug-likeness (QED) is 0.807. The number of amides is 1. The molecule has 3 heteroatoms. The maximum Gasteiger partial charge on any atom is 0.226 e. The summed E-state index contributed by atoms with van der Waals surface area (Å²) in [5.74, 6) is -0.283. The van der Waals surface area contributed by atoms with Crippen LogP contribution in [0.15, 0.2) is 24.3 Å². The number of carbonyl (C=O) groups excluding carboxylic acids is 1. The Morgan fingerprint density at radius 1 is 1.39 bits per heavy atom. The van der Waals surface area contributed by atoms with Gasteiger partial charge in [-0.2, -0.15) is 0 Å². The maximum atomic E-state index is 13.0. The second-order valence-corrected chi connectivity index (χ2v) is 5.85. The minimum Gasteiger partial charge on any atom is -0.342 e. The van der Waals surface area contributed by atoms with Gasteiger partial charge in [-0.05, 0) is 30.0 Å². The predicted octanol–water partition coefficient (Wildman–Crippen LogP) is 3.26. The number of rotatable bonds is 3. The molecule has 0 aliphatic heterocycles. The molecule has 1 amide bonds. The molecule has 2 nitrogen and oxygen atoms in total. The fraction of sp³-hybridized carbons (Fsp3) is 0.533. The number of carbonyl (C=O) groups is 1. The van der Waals surface area contributed by atoms with Gasteiger partial charge in [0.1, 0.15) is 5.82 Å². The number of benzene rings is 1. The molecular weight excluding hydrogens is 229 g/mol. The van der Waals surface area contributed by atoms with E-state index in [0.29, 0.717) is 5.56 Å². The molecule has 1 rings (SSSR count). The van der Waals surface area contributed by atoms with E-state index in [1.807, 2.05) is 6.92 Å². The molecule has 0 spiro atoms. The Kier molecular flexibility index (Phi) is 4.49. The second kappa shape index (κ2) is 5.51. The first-order valence-electron chi connectivity index (χ1n) is 6.22. The van der Waals surface area contributed by atoms with Crippen molar-refractivity contribution in [1.82, 2.24) is 4.90 Å². The Morgan fingerprint density at radius 2 is 2.00 bits per heavy atom. The third kappa shape index (κ3) is 3.83. The fourth-order valence-electron chi connectivity index (χ4n) is 1.74. The molecule has 0 fully saturated rings. The zero-order valence-corrected chi connectivity index (χ0v) is 11.8. The van der Waals surface area contributed by atoms with Crippen LogP contribution in [0.3, 0.4) is 0 Å². The lowest BCUT2D eigenvalue weighted by Gasteiger charge is -2.35. The molecule has 0 aliphatic rings. The summed E-state index contributed by atoms with van der Waals surface area (Å²) in [5, 5.41) is 0. The topological polar surface area (TPSA) is 20.3 Å². The molecule has 0 N–H and O–H groups in total. The van der Waals surface area contributed by atoms with E-state index in [2.05, 4.69) is 20.8 Å². The number of likely N-dealkylation sites (N-methyl/N-ethyl adjacent to an activating group) is 1. The van der Waals surface area contributed by atoms with Crippen LogP contribution in [0, 0.1) is 11.2 Å². The van der Waals surface area contributed by atoms with Gasteiger partial charge in [-0.25, -0.2) is 4.39 Å². The summed E-state index contributed by atoms with van der Waals surface area (Å²) in [6.45, 7) is 8.33. The summed E-state index contributed by atoms with van der Waals surface area (Å²) in [5.41, 5.74) is 0.750. The molecule has 0 radical (unpaired) electrons. The van der Waals surface area contributed by atoms with Gasteiger partial charge in [-0.3, -0.25) is 4.79 Å². The molecule has 0 saturated carbocycles. The van der Waals surface area contributed by atoms with E-state index in [9.17, 15) is 9.18 Å². The number of hydrogen-bond acceptors (Lipinski definition) is 1. The third-order valence-corrected chi connectivity index (χ3v) is 3.47. The average molecular weight is 251 g/mol. The van der Waals surface area contributed by atoms with Crippen LogP contribution in [0.5, 0.6) is 0 Å². The van der Waals surface area contributed by atoms with E-state index < -0.39 is 0 Å². The number of halogens is 1. The van der Waals surface area contributed by atoms with E-state index in [0.717, 1.165) is 0 Å². The molecule has 0 aromatic heterocycles. The molecule has 0 aliphatic carbocycles. The van der Waals surface area contributed by atoms with Crippen LogP contribution in [0.25, 0.3) is 0 Å². The zero-order chi connectivity index (χ0) is 13.9. The Morgan fingerprint density at radius 3 is 2.50 bits per heavy atom. The molecule has 0 bridgehead atoms. The summed E-state index contributed by atoms with van der Waals surface area (Å²) < 4.78 is 13.0. The molecule has 18 heavy (non-hydrogen) atoms. The number of hydrogen-bond donors (Lipinski definition) is 0. The summed E-state index contributed by atoms with van der Waals surface area (Å²) in [7, 11) is 1.80. The van der Waals surface area contributed by atoms with Crippen molar-refractivity contribution in [2.75, 3.05) is 7.05 Å². The SMILES string of the molecule is CC(N(C)C(=O)Cc1cccc(F)c1)C(C)(C)C. The molecule has 1 atom stereocenters. The fourth-order valence-corrected chi connectivity index (χ4v) is 1.74. The van der Waals surface area contributed by atoms with Crippen LogP contribution in [-0.2, 0) is 11.2 Å². The van der Waals surface area contributed by atoms with E-state index >= 15 is 0 Å². The van der Waals surface area contributed by atoms with Gasteiger partial charge < -0.3 is 4.90 Å². The largest absolute Gasteiger partial charge is 0.342 e. The Balaban J connectivity index is 2.71. The van der Waals surface area contributed by atoms with Crippen molar-refractivity contribution in [1.29, 1.82) is 0 Å². The van der Waals surface area contributed by atoms with Crippen molar-refractivity contribution in [3.63, 3.8) is 0 Å². The van der Waals surface area contributed by atoms with Gasteiger partial charge in [-0.1, -0.05) is 32.9 Å². The maximum absolute atomic E-state index is 13.0. The van der Waals surface area contributed by atoms with Gasteiger partial charge in [0, 0.05) is 13.1 Å². The Hall–Kier alpha value is -1.38. The molecule has 1 aromatic carbocycles. The van der Waals surface area contributed by atoms with E-state index in [-0.39, 0.29) is 29.6 Å². The van der Waals surface area contributed by atoms with Gasteiger partial charge in [0.15, 0.2) is 0 Å². The molecule has 100 valence electrons. The Bertz CT molecular complexity index is 423. The molecular formula is C15H22FNO. The summed E-state index contributed by atoms with van der Waals surface area (Å²) in [6.07, 6.45) is 0.245. The summed E-state index contributed by atoms with van der Waals surface area (Å²) in [6, 6.07) is 6.34. The van der Waals surface area contributed by atoms with Crippen LogP contribution in [0.2, 0.25) is 0 Å². The van der Waals surface area contributed by atoms with Crippen LogP contribution in [0.4, 0.5) is 4.39 Å². The molecule has 1 unspecified atom stereocenters. The number of nitrogens with zero attached hydrogens (tertiary/aromatic N) is 1. The first kappa shape index (κ1) is 14.7. The van der Waals surface area contributed by atoms with Gasteiger partial charge in [0.2, 0.25) is 5.91 Å². The van der Waals surface area contributed by atoms with Crippen molar-refractivity contribution in [2.24, 2.45) is 5.41 Å². The van der Waals surface area contributed by atoms with Crippen molar-refractivity contribution in [2.45, 2.75) is 40.2 Å². The second-order valence-electron chi connectivity index (χ2n) is 5.85. The predicted molar refractivity (Wildman–Crippen MR) is 71.8 cm³/mol. The van der Waals surface area contributed by atoms with Crippen LogP contribution >= 0.6 is 0 Å². The van der Waals surface area contributed by atoms with Gasteiger partial charge in [-0.15, -0.1) is 0 Å². The zero-order valence-electron chi connectivity index (χ0n) is 11.8. The van der Waals surface area contributed by atoms with E-state index in [1.54, 1.807) is 24.1 Å². The van der Waals surface area contributed by atoms with Gasteiger partial charge in [0.25, 0.3) is 0 Å². The minimum atomic E-state index is -0.299. The summed E-state index contributed by atoms with van der Waals surface area (Å²) in [4.78, 5) is 13.9. The Labute approximate surface area is 109 Å². The smallest absolute Gasteiger partial charge is 0.226 e. The third-order valence-electron chi connectivity index (χ3n) is 3.47. The first-order valence-corrected chi connectivity index (χ1v) is 6.22. The lowest BCUT2D eigenvalue weighted by molar-refractivity contribution is -0.132. The molecule has 0 saturated heterocycles. The minimum absolute atomic E-state index is 0.0167. The molecule has 0 heterocycles. The van der Waals surface area contributed by atoms with E-state index in [4.69, 9.17) is 0 Å². The summed E-state index contributed by atoms with van der Waals surface area (Å²) >= 11 is 0. The van der Waals surface area contributed by atoms with Crippen LogP contribution in [0.1, 0.15) is 33.3 Å². The van der Waals surface area contributed by atoms with Crippen LogP contribution < -0.4 is 0 Å². The highest BCUT2D eigenvalue weighted by atomic mass is 19.1. The van der Waals surface area contributed by atoms with Crippen molar-refractivity contribution < 1.29 is 9.18 Å². The highest BCUT2D eigenvalue weighted by Crippen LogP contribution is 2.23. The highest BCUT2D eigenvalue weighted by Gasteiger charge is 2.26. The van der Waals surface area contributed by atoms with Crippen molar-refractivity contribution in [3.05, 3.63) is 35.6 Å². The van der Waals surface area contributed by atoms with Crippen molar-refractivity contribution in [3.8, 4) is 0 Å². The monoisotopic (exact) mass is 251 g/mol. The lowest BCUT2D eigenvalue weighted by Crippen LogP contribution is -2.43. The molecule has 1 aromatic rings. The van der Waals surface area contributed by atoms with Gasteiger partial charge in [0.05, 0.1) is 6.42 Å². The lowest BCUT2D eigenvalue weighted by atomic mass is 9.87. The van der Waals surface area contributed by atoms with Crippen molar-refractivity contribution >= 4 is 5.91 Å². The van der Waals surface area contributed by atoms with Gasteiger partial charge >= 0.3 is 0 Å². The first-order chi connectivity index (χ1) is 8.21. The standard InChI is InChI=1S/C15H22FNO/c1-11(15(2,3)4)17(5)14(18)10-12-7-6-8-13(16)9-12/h6-9,11H,10H2,1-5H3. The normalized spacial score (nSPS) is 13.2. The average Bonchev–Trinajstić information content (AvgIpc) is 2.25.